The van der Waals surface area contributed by atoms with E-state index in [0.29, 0.717) is 28.2 Å². The van der Waals surface area contributed by atoms with Crippen LogP contribution in [-0.2, 0) is 33.7 Å². The molecule has 0 saturated carbocycles. The molecule has 0 spiro atoms. The fraction of sp³-hybridized carbons (Fsp3) is 0.263. The summed E-state index contributed by atoms with van der Waals surface area (Å²) in [6, 6.07) is 66.6. The fourth-order valence-corrected chi connectivity index (χ4v) is 12.7. The Morgan fingerprint density at radius 2 is 0.906 bits per heavy atom. The molecule has 0 aliphatic carbocycles. The molecule has 1 aliphatic heterocycles. The summed E-state index contributed by atoms with van der Waals surface area (Å²) >= 11 is 0. The first kappa shape index (κ1) is 45.7. The third-order valence-corrected chi connectivity index (χ3v) is 17.4. The lowest BCUT2D eigenvalue weighted by Gasteiger charge is -2.29. The first-order valence-electron chi connectivity index (χ1n) is 34.2. The number of aromatic nitrogens is 3. The number of anilines is 2. The maximum absolute atomic E-state index is 9.14. The van der Waals surface area contributed by atoms with Crippen molar-refractivity contribution in [2.24, 2.45) is 0 Å². The minimum Gasteiger partial charge on any atom is -0.457 e. The van der Waals surface area contributed by atoms with Gasteiger partial charge in [-0.2, -0.15) is 0 Å². The van der Waals surface area contributed by atoms with Crippen LogP contribution in [0, 0.1) is 0 Å². The number of pyridine rings is 1. The number of rotatable bonds is 6. The van der Waals surface area contributed by atoms with Crippen LogP contribution in [0.1, 0.15) is 144 Å². The molecule has 0 amide bonds. The maximum Gasteiger partial charge on any atom is 0.137 e. The lowest BCUT2D eigenvalue weighted by atomic mass is 9.76. The summed E-state index contributed by atoms with van der Waals surface area (Å²) in [6.45, 7) is 15.5. The van der Waals surface area contributed by atoms with Crippen LogP contribution in [0.4, 0.5) is 11.4 Å². The molecular formula is C80H80N4O. The number of benzene rings is 9. The van der Waals surface area contributed by atoms with Crippen LogP contribution in [0.2, 0.25) is 0 Å². The lowest BCUT2D eigenvalue weighted by Crippen LogP contribution is -2.17. The molecule has 426 valence electrons. The second-order valence-electron chi connectivity index (χ2n) is 27.5. The van der Waals surface area contributed by atoms with E-state index in [-0.39, 0.29) is 28.5 Å². The first-order chi connectivity index (χ1) is 44.0. The second-order valence-corrected chi connectivity index (χ2v) is 27.5. The Morgan fingerprint density at radius 3 is 1.52 bits per heavy atom. The molecule has 5 heteroatoms. The third kappa shape index (κ3) is 9.89. The molecule has 0 bridgehead atoms. The number of nitrogens with zero attached hydrogens (tertiary/aromatic N) is 4. The van der Waals surface area contributed by atoms with E-state index in [2.05, 4.69) is 228 Å². The number of para-hydroxylation sites is 2. The number of hydrogen-bond acceptors (Lipinski definition) is 3. The van der Waals surface area contributed by atoms with Crippen molar-refractivity contribution in [3.05, 3.63) is 228 Å². The van der Waals surface area contributed by atoms with E-state index in [1.165, 1.54) is 11.6 Å². The Labute approximate surface area is 515 Å². The molecule has 5 nitrogen and oxygen atoms in total. The third-order valence-electron chi connectivity index (χ3n) is 17.4. The van der Waals surface area contributed by atoms with Crippen molar-refractivity contribution in [3.8, 4) is 39.6 Å². The minimum absolute atomic E-state index is 0.0933. The standard InChI is InChI=1S/C80H80N4O/c1-76(2,3)52-38-39-81-72(46-52)84-69-32-21-20-30-65(69)66-35-34-59(48-71(66)84)85-58-25-22-24-57(47-58)82-49-83-74-67(31-23-33-70(74)82)63-28-18-16-26-61(63)62-27-17-19-29-64(62)68-37-36-60(50-40-53(77(4,5)6)44-54(41-50)78(7,8)9)73(75(68)83)51-42-55(79(10,11)12)45-56(43-51)80(13,14)15/h16-48H,49H2,1-15H3/i10D3,11D3,12D3. The van der Waals surface area contributed by atoms with Crippen molar-refractivity contribution >= 4 is 76.5 Å². The van der Waals surface area contributed by atoms with Crippen LogP contribution in [0.3, 0.4) is 0 Å². The molecule has 0 N–H and O–H groups in total. The summed E-state index contributed by atoms with van der Waals surface area (Å²) in [4.78, 5) is 7.23. The summed E-state index contributed by atoms with van der Waals surface area (Å²) in [5, 5.41) is 7.98. The van der Waals surface area contributed by atoms with Crippen LogP contribution < -0.4 is 9.64 Å². The van der Waals surface area contributed by atoms with E-state index in [1.54, 1.807) is 6.07 Å². The van der Waals surface area contributed by atoms with Crippen molar-refractivity contribution in [3.63, 3.8) is 0 Å². The van der Waals surface area contributed by atoms with Gasteiger partial charge in [-0.25, -0.2) is 4.98 Å². The predicted molar refractivity (Wildman–Crippen MR) is 364 cm³/mol. The zero-order valence-electron chi connectivity index (χ0n) is 60.0. The molecule has 85 heavy (non-hydrogen) atoms. The molecule has 0 unspecified atom stereocenters. The molecule has 0 atom stereocenters. The van der Waals surface area contributed by atoms with E-state index in [0.717, 1.165) is 105 Å². The SMILES string of the molecule is [2H]C([2H])([2H])C(c1cc(-c2c(-c3cc(C(C)(C)C)cc(C(C)(C)C)c3)ccc3c4ccccc4c4ccccc4c4cccc5c4n(c23)CN5c2cccc(Oc3ccc4c5ccccc5n(-c5cc(C(C)(C)C)ccn5)c4c3)c2)cc(C(C)(C)C)c1)(C([2H])([2H])[2H])C([2H])([2H])[2H]. The molecule has 12 aromatic rings. The summed E-state index contributed by atoms with van der Waals surface area (Å²) in [5.41, 5.74) is 7.20. The highest BCUT2D eigenvalue weighted by molar-refractivity contribution is 6.23. The van der Waals surface area contributed by atoms with Gasteiger partial charge in [0.05, 0.1) is 27.8 Å². The second kappa shape index (κ2) is 20.0. The molecule has 9 aromatic carbocycles. The average Bonchev–Trinajstić information content (AvgIpc) is 1.04. The van der Waals surface area contributed by atoms with Crippen LogP contribution in [0.5, 0.6) is 11.5 Å². The Morgan fingerprint density at radius 1 is 0.400 bits per heavy atom. The molecule has 3 aromatic heterocycles. The summed E-state index contributed by atoms with van der Waals surface area (Å²) in [6.07, 6.45) is 1.89. The summed E-state index contributed by atoms with van der Waals surface area (Å²) in [5.74, 6) is 2.09. The van der Waals surface area contributed by atoms with Gasteiger partial charge >= 0.3 is 0 Å². The van der Waals surface area contributed by atoms with E-state index in [1.807, 2.05) is 57.3 Å². The first-order valence-corrected chi connectivity index (χ1v) is 29.7. The van der Waals surface area contributed by atoms with Crippen LogP contribution >= 0.6 is 0 Å². The summed E-state index contributed by atoms with van der Waals surface area (Å²) in [7, 11) is 0. The molecule has 0 saturated heterocycles. The average molecular weight is 1120 g/mol. The van der Waals surface area contributed by atoms with E-state index < -0.39 is 31.4 Å². The van der Waals surface area contributed by atoms with E-state index >= 15 is 0 Å². The van der Waals surface area contributed by atoms with Gasteiger partial charge in [-0.15, -0.1) is 0 Å². The van der Waals surface area contributed by atoms with Crippen molar-refractivity contribution in [2.75, 3.05) is 4.90 Å². The van der Waals surface area contributed by atoms with Crippen molar-refractivity contribution < 1.29 is 17.1 Å². The van der Waals surface area contributed by atoms with Gasteiger partial charge in [0, 0.05) is 63.5 Å². The van der Waals surface area contributed by atoms with Crippen molar-refractivity contribution in [2.45, 2.75) is 137 Å². The van der Waals surface area contributed by atoms with Gasteiger partial charge < -0.3 is 14.2 Å². The highest BCUT2D eigenvalue weighted by Crippen LogP contribution is 2.49. The zero-order chi connectivity index (χ0) is 67.2. The molecular weight excluding hydrogens is 1030 g/mol. The predicted octanol–water partition coefficient (Wildman–Crippen LogP) is 22.4. The van der Waals surface area contributed by atoms with Gasteiger partial charge in [-0.3, -0.25) is 4.57 Å². The van der Waals surface area contributed by atoms with Gasteiger partial charge in [0.1, 0.15) is 24.0 Å². The molecule has 4 heterocycles. The van der Waals surface area contributed by atoms with Crippen molar-refractivity contribution in [1.29, 1.82) is 0 Å². The van der Waals surface area contributed by atoms with Gasteiger partial charge in [0.25, 0.3) is 0 Å². The van der Waals surface area contributed by atoms with E-state index in [4.69, 9.17) is 22.1 Å². The summed E-state index contributed by atoms with van der Waals surface area (Å²) < 4.78 is 93.8. The zero-order valence-corrected chi connectivity index (χ0v) is 51.0. The largest absolute Gasteiger partial charge is 0.457 e. The van der Waals surface area contributed by atoms with Crippen LogP contribution in [-0.4, -0.2) is 14.1 Å². The lowest BCUT2D eigenvalue weighted by molar-refractivity contribution is 0.483. The van der Waals surface area contributed by atoms with Gasteiger partial charge in [0.2, 0.25) is 0 Å². The maximum atomic E-state index is 9.14. The molecule has 0 fully saturated rings. The quantitative estimate of drug-likeness (QED) is 0.166. The molecule has 1 aliphatic rings. The van der Waals surface area contributed by atoms with Gasteiger partial charge in [-0.05, 0) is 142 Å². The highest BCUT2D eigenvalue weighted by atomic mass is 16.5. The Balaban J connectivity index is 1.13. The number of fused-ring (bicyclic) bond motifs is 10. The van der Waals surface area contributed by atoms with Crippen LogP contribution in [0.15, 0.2) is 200 Å². The fourth-order valence-electron chi connectivity index (χ4n) is 12.7. The Bertz CT molecular complexity index is 5040. The molecule has 0 radical (unpaired) electrons. The Kier molecular flexibility index (Phi) is 10.7. The Hall–Kier alpha value is -8.67. The van der Waals surface area contributed by atoms with E-state index in [9.17, 15) is 0 Å². The van der Waals surface area contributed by atoms with Gasteiger partial charge in [0.15, 0.2) is 0 Å². The number of ether oxygens (including phenoxy) is 1. The molecule has 13 rings (SSSR count). The van der Waals surface area contributed by atoms with Crippen molar-refractivity contribution in [1.82, 2.24) is 14.1 Å². The number of hydrogen-bond donors (Lipinski definition) is 0. The highest BCUT2D eigenvalue weighted by Gasteiger charge is 2.30. The smallest absolute Gasteiger partial charge is 0.137 e. The topological polar surface area (TPSA) is 35.2 Å². The minimum atomic E-state index is -3.53. The van der Waals surface area contributed by atoms with Gasteiger partial charge in [-0.1, -0.05) is 237 Å². The monoisotopic (exact) mass is 1120 g/mol. The van der Waals surface area contributed by atoms with Crippen LogP contribution in [0.25, 0.3) is 93.2 Å². The normalized spacial score (nSPS) is 15.3.